The van der Waals surface area contributed by atoms with Crippen LogP contribution in [0.4, 0.5) is 11.5 Å². The van der Waals surface area contributed by atoms with Crippen molar-refractivity contribution in [2.75, 3.05) is 11.9 Å². The number of fused-ring (bicyclic) bond motifs is 1. The number of imidazole rings is 1. The molecular formula is C18H20N5O9P. The Balaban J connectivity index is 1.54. The van der Waals surface area contributed by atoms with E-state index in [1.807, 2.05) is 30.3 Å². The zero-order chi connectivity index (χ0) is 23.8. The number of anilines is 2. The highest BCUT2D eigenvalue weighted by Gasteiger charge is 2.46. The average molecular weight is 481 g/mol. The Bertz CT molecular complexity index is 1190. The van der Waals surface area contributed by atoms with E-state index < -0.39 is 50.6 Å². The molecule has 1 unspecified atom stereocenters. The summed E-state index contributed by atoms with van der Waals surface area (Å²) in [7, 11) is -5.11. The first-order chi connectivity index (χ1) is 15.7. The van der Waals surface area contributed by atoms with Crippen LogP contribution in [0.2, 0.25) is 0 Å². The summed E-state index contributed by atoms with van der Waals surface area (Å²) in [4.78, 5) is 41.9. The molecule has 0 spiro atoms. The smallest absolute Gasteiger partial charge is 0.365 e. The first-order valence-corrected chi connectivity index (χ1v) is 11.3. The van der Waals surface area contributed by atoms with Gasteiger partial charge in [0.25, 0.3) is 5.85 Å². The Morgan fingerprint density at radius 1 is 1.18 bits per heavy atom. The molecule has 15 heteroatoms. The van der Waals surface area contributed by atoms with E-state index in [1.54, 1.807) is 0 Å². The predicted octanol–water partition coefficient (Wildman–Crippen LogP) is -0.206. The second kappa shape index (κ2) is 9.11. The third kappa shape index (κ3) is 4.72. The van der Waals surface area contributed by atoms with E-state index in [1.165, 1.54) is 17.2 Å². The number of ether oxygens (including phenoxy) is 2. The molecule has 33 heavy (non-hydrogen) atoms. The summed E-state index contributed by atoms with van der Waals surface area (Å²) in [6, 6.07) is 9.20. The minimum Gasteiger partial charge on any atom is -0.479 e. The quantitative estimate of drug-likeness (QED) is 0.230. The zero-order valence-electron chi connectivity index (χ0n) is 16.7. The molecule has 1 saturated heterocycles. The van der Waals surface area contributed by atoms with E-state index in [2.05, 4.69) is 20.3 Å². The minimum absolute atomic E-state index is 0.278. The van der Waals surface area contributed by atoms with Crippen LogP contribution in [0.25, 0.3) is 11.2 Å². The lowest BCUT2D eigenvalue weighted by atomic mass is 10.1. The van der Waals surface area contributed by atoms with Crippen molar-refractivity contribution in [1.29, 1.82) is 0 Å². The largest absolute Gasteiger partial charge is 0.479 e. The average Bonchev–Trinajstić information content (AvgIpc) is 3.30. The van der Waals surface area contributed by atoms with E-state index in [-0.39, 0.29) is 5.65 Å². The van der Waals surface area contributed by atoms with E-state index in [4.69, 9.17) is 24.4 Å². The van der Waals surface area contributed by atoms with Gasteiger partial charge in [0, 0.05) is 5.69 Å². The van der Waals surface area contributed by atoms with Gasteiger partial charge >= 0.3 is 13.6 Å². The molecular weight excluding hydrogens is 461 g/mol. The summed E-state index contributed by atoms with van der Waals surface area (Å²) < 4.78 is 23.0. The molecule has 0 amide bonds. The van der Waals surface area contributed by atoms with Gasteiger partial charge in [-0.25, -0.2) is 19.7 Å². The lowest BCUT2D eigenvalue weighted by molar-refractivity contribution is -0.149. The highest BCUT2D eigenvalue weighted by molar-refractivity contribution is 7.53. The first-order valence-electron chi connectivity index (χ1n) is 9.57. The summed E-state index contributed by atoms with van der Waals surface area (Å²) in [6.07, 6.45) is -2.88. The van der Waals surface area contributed by atoms with Gasteiger partial charge in [-0.15, -0.1) is 0 Å². The molecule has 3 aromatic rings. The van der Waals surface area contributed by atoms with Crippen LogP contribution in [0, 0.1) is 0 Å². The van der Waals surface area contributed by atoms with Gasteiger partial charge in [-0.1, -0.05) is 18.2 Å². The molecule has 1 aliphatic heterocycles. The molecule has 5 atom stereocenters. The molecule has 2 aromatic heterocycles. The van der Waals surface area contributed by atoms with E-state index in [0.717, 1.165) is 5.69 Å². The number of para-hydroxylation sites is 1. The predicted molar refractivity (Wildman–Crippen MR) is 110 cm³/mol. The lowest BCUT2D eigenvalue weighted by Gasteiger charge is -2.19. The third-order valence-electron chi connectivity index (χ3n) is 4.94. The SMILES string of the molecule is O=C(O)C(OC[C@H]1O[C@@H](n2cnc3c(Nc4ccccc4)ncnc32)[C@H](O)[C@@H]1O)P(=O)(O)O. The van der Waals surface area contributed by atoms with Crippen LogP contribution in [-0.4, -0.2) is 81.4 Å². The number of benzene rings is 1. The summed E-state index contributed by atoms with van der Waals surface area (Å²) in [5, 5.41) is 32.9. The second-order valence-electron chi connectivity index (χ2n) is 7.20. The maximum atomic E-state index is 11.3. The maximum Gasteiger partial charge on any atom is 0.365 e. The number of carbonyl (C=O) groups is 1. The van der Waals surface area contributed by atoms with Crippen molar-refractivity contribution in [3.8, 4) is 0 Å². The maximum absolute atomic E-state index is 11.3. The Kier molecular flexibility index (Phi) is 6.41. The summed E-state index contributed by atoms with van der Waals surface area (Å²) >= 11 is 0. The van der Waals surface area contributed by atoms with Gasteiger partial charge in [0.15, 0.2) is 23.2 Å². The Morgan fingerprint density at radius 2 is 1.91 bits per heavy atom. The standard InChI is InChI=1S/C18H20N5O9P/c24-12-10(6-31-18(17(26)27)33(28,29)30)32-16(13(12)25)23-8-21-11-14(19-7-20-15(11)23)22-9-4-2-1-3-5-9/h1-5,7-8,10,12-13,16,18,24-25H,6H2,(H,26,27)(H,19,20,22)(H2,28,29,30)/t10-,12-,13-,16-,18?/m1/s1. The van der Waals surface area contributed by atoms with E-state index in [9.17, 15) is 19.6 Å². The number of carboxylic acid groups (broad SMARTS) is 1. The number of aliphatic hydroxyl groups excluding tert-OH is 2. The zero-order valence-corrected chi connectivity index (χ0v) is 17.6. The van der Waals surface area contributed by atoms with Gasteiger partial charge in [0.1, 0.15) is 24.6 Å². The second-order valence-corrected chi connectivity index (χ2v) is 8.84. The number of hydrogen-bond acceptors (Lipinski definition) is 10. The van der Waals surface area contributed by atoms with Crippen LogP contribution in [0.5, 0.6) is 0 Å². The molecule has 0 bridgehead atoms. The number of hydrogen-bond donors (Lipinski definition) is 6. The molecule has 0 saturated carbocycles. The van der Waals surface area contributed by atoms with Crippen molar-refractivity contribution in [3.05, 3.63) is 43.0 Å². The molecule has 1 aromatic carbocycles. The normalized spacial score (nSPS) is 24.1. The fourth-order valence-electron chi connectivity index (χ4n) is 3.38. The number of rotatable bonds is 8. The Morgan fingerprint density at radius 3 is 2.58 bits per heavy atom. The first kappa shape index (κ1) is 23.2. The van der Waals surface area contributed by atoms with Crippen molar-refractivity contribution in [2.45, 2.75) is 30.4 Å². The molecule has 0 aliphatic carbocycles. The van der Waals surface area contributed by atoms with Gasteiger partial charge in [-0.05, 0) is 12.1 Å². The number of carboxylic acids is 1. The Hall–Kier alpha value is -2.97. The van der Waals surface area contributed by atoms with Crippen LogP contribution in [-0.2, 0) is 18.8 Å². The molecule has 14 nitrogen and oxygen atoms in total. The van der Waals surface area contributed by atoms with E-state index >= 15 is 0 Å². The van der Waals surface area contributed by atoms with Gasteiger partial charge in [0.2, 0.25) is 0 Å². The summed E-state index contributed by atoms with van der Waals surface area (Å²) in [5.74, 6) is -3.91. The van der Waals surface area contributed by atoms with Gasteiger partial charge in [-0.3, -0.25) is 9.13 Å². The van der Waals surface area contributed by atoms with Gasteiger partial charge in [0.05, 0.1) is 12.9 Å². The van der Waals surface area contributed by atoms with Crippen LogP contribution in [0.15, 0.2) is 43.0 Å². The monoisotopic (exact) mass is 481 g/mol. The minimum atomic E-state index is -5.11. The number of nitrogens with zero attached hydrogens (tertiary/aromatic N) is 4. The molecule has 176 valence electrons. The van der Waals surface area contributed by atoms with Gasteiger partial charge < -0.3 is 39.9 Å². The van der Waals surface area contributed by atoms with Crippen LogP contribution in [0.1, 0.15) is 6.23 Å². The van der Waals surface area contributed by atoms with Crippen molar-refractivity contribution in [3.63, 3.8) is 0 Å². The highest BCUT2D eigenvalue weighted by atomic mass is 31.2. The molecule has 1 aliphatic rings. The van der Waals surface area contributed by atoms with Crippen LogP contribution < -0.4 is 5.32 Å². The fraction of sp³-hybridized carbons (Fsp3) is 0.333. The molecule has 4 rings (SSSR count). The number of nitrogens with one attached hydrogen (secondary N) is 1. The lowest BCUT2D eigenvalue weighted by Crippen LogP contribution is -2.36. The topological polar surface area (TPSA) is 209 Å². The van der Waals surface area contributed by atoms with Gasteiger partial charge in [-0.2, -0.15) is 0 Å². The van der Waals surface area contributed by atoms with E-state index in [0.29, 0.717) is 11.3 Å². The van der Waals surface area contributed by atoms with Crippen LogP contribution in [0.3, 0.4) is 0 Å². The molecule has 6 N–H and O–H groups in total. The van der Waals surface area contributed by atoms with Crippen molar-refractivity contribution in [1.82, 2.24) is 19.5 Å². The van der Waals surface area contributed by atoms with Crippen molar-refractivity contribution < 1.29 is 43.9 Å². The van der Waals surface area contributed by atoms with Crippen molar-refractivity contribution >= 4 is 36.2 Å². The highest BCUT2D eigenvalue weighted by Crippen LogP contribution is 2.42. The Labute approximate surface area is 185 Å². The molecule has 0 radical (unpaired) electrons. The number of aromatic nitrogens is 4. The van der Waals surface area contributed by atoms with Crippen molar-refractivity contribution in [2.24, 2.45) is 0 Å². The number of aliphatic carboxylic acids is 1. The molecule has 3 heterocycles. The summed E-state index contributed by atoms with van der Waals surface area (Å²) in [6.45, 7) is -0.695. The summed E-state index contributed by atoms with van der Waals surface area (Å²) in [5.41, 5.74) is 1.40. The third-order valence-corrected chi connectivity index (χ3v) is 5.92. The van der Waals surface area contributed by atoms with Crippen LogP contribution >= 0.6 is 7.60 Å². The molecule has 1 fully saturated rings. The number of aliphatic hydroxyl groups is 2. The fourth-order valence-corrected chi connectivity index (χ4v) is 3.95.